The second-order valence-corrected chi connectivity index (χ2v) is 5.20. The maximum Gasteiger partial charge on any atom is 0.387 e. The molecule has 0 aliphatic carbocycles. The fourth-order valence-electron chi connectivity index (χ4n) is 1.86. The first-order valence-electron chi connectivity index (χ1n) is 6.52. The van der Waals surface area contributed by atoms with Crippen LogP contribution in [0.4, 0.5) is 14.5 Å². The zero-order chi connectivity index (χ0) is 15.9. The third-order valence-electron chi connectivity index (χ3n) is 2.88. The van der Waals surface area contributed by atoms with Crippen LogP contribution >= 0.6 is 11.3 Å². The summed E-state index contributed by atoms with van der Waals surface area (Å²) < 4.78 is 34.0. The van der Waals surface area contributed by atoms with Gasteiger partial charge >= 0.3 is 6.61 Å². The van der Waals surface area contributed by atoms with E-state index in [4.69, 9.17) is 4.74 Å². The number of aryl methyl sites for hydroxylation is 1. The van der Waals surface area contributed by atoms with E-state index in [1.54, 1.807) is 17.4 Å². The molecule has 7 heteroatoms. The Labute approximate surface area is 130 Å². The molecule has 1 N–H and O–H groups in total. The minimum absolute atomic E-state index is 0.117. The number of anilines is 1. The van der Waals surface area contributed by atoms with Gasteiger partial charge in [-0.25, -0.2) is 0 Å². The molecule has 0 atom stereocenters. The fourth-order valence-corrected chi connectivity index (χ4v) is 2.56. The first kappa shape index (κ1) is 16.2. The van der Waals surface area contributed by atoms with Crippen LogP contribution in [-0.2, 0) is 11.2 Å². The largest absolute Gasteiger partial charge is 0.493 e. The van der Waals surface area contributed by atoms with E-state index in [1.807, 2.05) is 16.8 Å². The number of alkyl halides is 2. The molecule has 0 fully saturated rings. The summed E-state index contributed by atoms with van der Waals surface area (Å²) in [6.07, 6.45) is 0.944. The highest BCUT2D eigenvalue weighted by Gasteiger charge is 2.12. The van der Waals surface area contributed by atoms with E-state index in [-0.39, 0.29) is 17.4 Å². The van der Waals surface area contributed by atoms with Gasteiger partial charge in [-0.2, -0.15) is 20.1 Å². The molecule has 0 aliphatic heterocycles. The number of nitrogens with one attached hydrogen (secondary N) is 1. The van der Waals surface area contributed by atoms with Gasteiger partial charge < -0.3 is 14.8 Å². The van der Waals surface area contributed by atoms with Crippen LogP contribution in [0.15, 0.2) is 35.0 Å². The summed E-state index contributed by atoms with van der Waals surface area (Å²) in [6, 6.07) is 6.30. The van der Waals surface area contributed by atoms with Crippen molar-refractivity contribution < 1.29 is 23.0 Å². The molecule has 22 heavy (non-hydrogen) atoms. The molecule has 1 aromatic carbocycles. The Bertz CT molecular complexity index is 617. The standard InChI is InChI=1S/C15H15F2NO3S/c1-20-12-4-3-11(8-13(12)21-15(16)17)18-14(19)5-2-10-6-7-22-9-10/h3-4,6-9,15H,2,5H2,1H3,(H,18,19). The van der Waals surface area contributed by atoms with Gasteiger partial charge in [-0.15, -0.1) is 0 Å². The van der Waals surface area contributed by atoms with Crippen molar-refractivity contribution in [2.24, 2.45) is 0 Å². The first-order valence-corrected chi connectivity index (χ1v) is 7.46. The topological polar surface area (TPSA) is 47.6 Å². The average Bonchev–Trinajstić information content (AvgIpc) is 2.98. The predicted molar refractivity (Wildman–Crippen MR) is 80.9 cm³/mol. The van der Waals surface area contributed by atoms with Crippen LogP contribution in [0.3, 0.4) is 0 Å². The van der Waals surface area contributed by atoms with Crippen molar-refractivity contribution >= 4 is 22.9 Å². The van der Waals surface area contributed by atoms with Gasteiger partial charge in [0.05, 0.1) is 7.11 Å². The van der Waals surface area contributed by atoms with E-state index in [2.05, 4.69) is 10.1 Å². The lowest BCUT2D eigenvalue weighted by atomic mass is 10.2. The van der Waals surface area contributed by atoms with Gasteiger partial charge in [-0.05, 0) is 40.9 Å². The molecule has 0 aliphatic rings. The van der Waals surface area contributed by atoms with Gasteiger partial charge in [0.25, 0.3) is 0 Å². The number of amides is 1. The molecule has 0 unspecified atom stereocenters. The number of rotatable bonds is 7. The molecule has 0 radical (unpaired) electrons. The minimum Gasteiger partial charge on any atom is -0.493 e. The number of halogens is 2. The van der Waals surface area contributed by atoms with Crippen molar-refractivity contribution in [2.75, 3.05) is 12.4 Å². The molecule has 0 spiro atoms. The quantitative estimate of drug-likeness (QED) is 0.838. The summed E-state index contributed by atoms with van der Waals surface area (Å²) >= 11 is 1.57. The van der Waals surface area contributed by atoms with Crippen LogP contribution in [0.5, 0.6) is 11.5 Å². The van der Waals surface area contributed by atoms with Crippen LogP contribution < -0.4 is 14.8 Å². The molecule has 0 bridgehead atoms. The second kappa shape index (κ2) is 7.74. The summed E-state index contributed by atoms with van der Waals surface area (Å²) in [4.78, 5) is 11.9. The summed E-state index contributed by atoms with van der Waals surface area (Å²) in [7, 11) is 1.35. The SMILES string of the molecule is COc1ccc(NC(=O)CCc2ccsc2)cc1OC(F)F. The molecule has 1 aromatic heterocycles. The van der Waals surface area contributed by atoms with E-state index >= 15 is 0 Å². The zero-order valence-electron chi connectivity index (χ0n) is 11.8. The molecule has 4 nitrogen and oxygen atoms in total. The minimum atomic E-state index is -2.96. The van der Waals surface area contributed by atoms with Crippen LogP contribution in [0.2, 0.25) is 0 Å². The second-order valence-electron chi connectivity index (χ2n) is 4.42. The van der Waals surface area contributed by atoms with E-state index in [0.29, 0.717) is 18.5 Å². The van der Waals surface area contributed by atoms with Crippen LogP contribution in [0.25, 0.3) is 0 Å². The number of methoxy groups -OCH3 is 1. The molecule has 0 saturated heterocycles. The van der Waals surface area contributed by atoms with Gasteiger partial charge in [0.2, 0.25) is 5.91 Å². The third kappa shape index (κ3) is 4.70. The number of carbonyl (C=O) groups is 1. The summed E-state index contributed by atoms with van der Waals surface area (Å²) in [6.45, 7) is -2.96. The summed E-state index contributed by atoms with van der Waals surface area (Å²) in [5.41, 5.74) is 1.48. The maximum atomic E-state index is 12.3. The summed E-state index contributed by atoms with van der Waals surface area (Å²) in [5.74, 6) is -0.135. The van der Waals surface area contributed by atoms with E-state index in [9.17, 15) is 13.6 Å². The number of thiophene rings is 1. The molecule has 118 valence electrons. The smallest absolute Gasteiger partial charge is 0.387 e. The molecule has 0 saturated carbocycles. The lowest BCUT2D eigenvalue weighted by molar-refractivity contribution is -0.116. The Morgan fingerprint density at radius 2 is 2.14 bits per heavy atom. The highest BCUT2D eigenvalue weighted by molar-refractivity contribution is 7.07. The molecular weight excluding hydrogens is 312 g/mol. The molecular formula is C15H15F2NO3S. The average molecular weight is 327 g/mol. The van der Waals surface area contributed by atoms with Crippen LogP contribution in [0.1, 0.15) is 12.0 Å². The Balaban J connectivity index is 1.97. The molecule has 2 rings (SSSR count). The van der Waals surface area contributed by atoms with Gasteiger partial charge in [0.1, 0.15) is 0 Å². The molecule has 2 aromatic rings. The lowest BCUT2D eigenvalue weighted by Gasteiger charge is -2.12. The van der Waals surface area contributed by atoms with E-state index in [0.717, 1.165) is 5.56 Å². The van der Waals surface area contributed by atoms with E-state index < -0.39 is 6.61 Å². The van der Waals surface area contributed by atoms with Crippen molar-refractivity contribution in [3.63, 3.8) is 0 Å². The number of ether oxygens (including phenoxy) is 2. The van der Waals surface area contributed by atoms with Gasteiger partial charge in [-0.3, -0.25) is 4.79 Å². The highest BCUT2D eigenvalue weighted by atomic mass is 32.1. The van der Waals surface area contributed by atoms with Crippen molar-refractivity contribution in [1.29, 1.82) is 0 Å². The van der Waals surface area contributed by atoms with Crippen molar-refractivity contribution in [3.05, 3.63) is 40.6 Å². The first-order chi connectivity index (χ1) is 10.6. The zero-order valence-corrected chi connectivity index (χ0v) is 12.7. The van der Waals surface area contributed by atoms with Gasteiger partial charge in [0.15, 0.2) is 11.5 Å². The van der Waals surface area contributed by atoms with Crippen LogP contribution in [-0.4, -0.2) is 19.6 Å². The number of hydrogen-bond acceptors (Lipinski definition) is 4. The van der Waals surface area contributed by atoms with Crippen molar-refractivity contribution in [3.8, 4) is 11.5 Å². The Morgan fingerprint density at radius 1 is 1.32 bits per heavy atom. The van der Waals surface area contributed by atoms with Crippen molar-refractivity contribution in [1.82, 2.24) is 0 Å². The predicted octanol–water partition coefficient (Wildman–Crippen LogP) is 3.93. The summed E-state index contributed by atoms with van der Waals surface area (Å²) in [5, 5.41) is 6.58. The number of hydrogen-bond donors (Lipinski definition) is 1. The monoisotopic (exact) mass is 327 g/mol. The number of carbonyl (C=O) groups excluding carboxylic acids is 1. The fraction of sp³-hybridized carbons (Fsp3) is 0.267. The Kier molecular flexibility index (Phi) is 5.71. The molecule has 1 heterocycles. The normalized spacial score (nSPS) is 10.5. The van der Waals surface area contributed by atoms with Gasteiger partial charge in [0, 0.05) is 18.2 Å². The maximum absolute atomic E-state index is 12.3. The number of benzene rings is 1. The molecule has 1 amide bonds. The van der Waals surface area contributed by atoms with Crippen LogP contribution in [0, 0.1) is 0 Å². The van der Waals surface area contributed by atoms with Crippen molar-refractivity contribution in [2.45, 2.75) is 19.5 Å². The highest BCUT2D eigenvalue weighted by Crippen LogP contribution is 2.31. The lowest BCUT2D eigenvalue weighted by Crippen LogP contribution is -2.12. The third-order valence-corrected chi connectivity index (χ3v) is 3.62. The Morgan fingerprint density at radius 3 is 2.77 bits per heavy atom. The van der Waals surface area contributed by atoms with Gasteiger partial charge in [-0.1, -0.05) is 0 Å². The Hall–Kier alpha value is -2.15. The van der Waals surface area contributed by atoms with E-state index in [1.165, 1.54) is 19.2 Å².